The van der Waals surface area contributed by atoms with Crippen LogP contribution in [0.5, 0.6) is 0 Å². The van der Waals surface area contributed by atoms with Crippen LogP contribution in [0.2, 0.25) is 0 Å². The SMILES string of the molecule is C[C@H](Cl)C(=O)N1c2ccc(F)cc2[C@H](C)CC1(C)C. The molecular formula is C15H19ClFNO. The summed E-state index contributed by atoms with van der Waals surface area (Å²) in [6.07, 6.45) is 0.790. The molecule has 1 aromatic rings. The molecule has 1 aromatic carbocycles. The zero-order valence-electron chi connectivity index (χ0n) is 11.7. The van der Waals surface area contributed by atoms with Gasteiger partial charge in [-0.1, -0.05) is 6.92 Å². The lowest BCUT2D eigenvalue weighted by atomic mass is 9.80. The summed E-state index contributed by atoms with van der Waals surface area (Å²) in [5, 5.41) is -0.592. The summed E-state index contributed by atoms with van der Waals surface area (Å²) in [7, 11) is 0. The van der Waals surface area contributed by atoms with Crippen LogP contribution >= 0.6 is 11.6 Å². The third-order valence-corrected chi connectivity index (χ3v) is 3.92. The van der Waals surface area contributed by atoms with Crippen molar-refractivity contribution in [2.45, 2.75) is 50.9 Å². The van der Waals surface area contributed by atoms with Crippen LogP contribution in [0.15, 0.2) is 18.2 Å². The number of alkyl halides is 1. The van der Waals surface area contributed by atoms with E-state index in [4.69, 9.17) is 11.6 Å². The van der Waals surface area contributed by atoms with Crippen LogP contribution < -0.4 is 4.90 Å². The summed E-state index contributed by atoms with van der Waals surface area (Å²) < 4.78 is 13.4. The minimum absolute atomic E-state index is 0.133. The van der Waals surface area contributed by atoms with E-state index in [1.807, 2.05) is 13.8 Å². The number of amides is 1. The Balaban J connectivity index is 2.58. The average Bonchev–Trinajstić information content (AvgIpc) is 2.28. The number of anilines is 1. The number of hydrogen-bond donors (Lipinski definition) is 0. The molecule has 104 valence electrons. The first-order valence-corrected chi connectivity index (χ1v) is 6.95. The van der Waals surface area contributed by atoms with Gasteiger partial charge in [0.15, 0.2) is 0 Å². The van der Waals surface area contributed by atoms with Gasteiger partial charge in [-0.2, -0.15) is 0 Å². The zero-order chi connectivity index (χ0) is 14.4. The van der Waals surface area contributed by atoms with Gasteiger partial charge in [0.1, 0.15) is 11.2 Å². The van der Waals surface area contributed by atoms with E-state index in [0.717, 1.165) is 17.7 Å². The highest BCUT2D eigenvalue weighted by Gasteiger charge is 2.40. The number of hydrogen-bond acceptors (Lipinski definition) is 1. The fourth-order valence-electron chi connectivity index (χ4n) is 3.00. The number of fused-ring (bicyclic) bond motifs is 1. The third kappa shape index (κ3) is 2.48. The number of nitrogens with zero attached hydrogens (tertiary/aromatic N) is 1. The Morgan fingerprint density at radius 1 is 1.53 bits per heavy atom. The van der Waals surface area contributed by atoms with Crippen molar-refractivity contribution in [1.29, 1.82) is 0 Å². The molecule has 0 saturated heterocycles. The molecule has 1 aliphatic rings. The molecule has 0 spiro atoms. The van der Waals surface area contributed by atoms with Gasteiger partial charge >= 0.3 is 0 Å². The molecule has 0 bridgehead atoms. The Morgan fingerprint density at radius 3 is 2.74 bits per heavy atom. The molecule has 2 nitrogen and oxygen atoms in total. The first-order chi connectivity index (χ1) is 8.74. The van der Waals surface area contributed by atoms with Crippen molar-refractivity contribution in [3.05, 3.63) is 29.6 Å². The van der Waals surface area contributed by atoms with Crippen molar-refractivity contribution in [2.75, 3.05) is 4.90 Å². The highest BCUT2D eigenvalue weighted by molar-refractivity contribution is 6.32. The summed E-state index contributed by atoms with van der Waals surface area (Å²) >= 11 is 5.96. The molecule has 0 radical (unpaired) electrons. The predicted molar refractivity (Wildman–Crippen MR) is 76.3 cm³/mol. The van der Waals surface area contributed by atoms with Crippen molar-refractivity contribution in [1.82, 2.24) is 0 Å². The molecule has 0 saturated carbocycles. The zero-order valence-corrected chi connectivity index (χ0v) is 12.5. The molecule has 1 aliphatic heterocycles. The molecule has 0 aromatic heterocycles. The quantitative estimate of drug-likeness (QED) is 0.712. The van der Waals surface area contributed by atoms with Crippen molar-refractivity contribution in [2.24, 2.45) is 0 Å². The lowest BCUT2D eigenvalue weighted by Gasteiger charge is -2.46. The van der Waals surface area contributed by atoms with Crippen LogP contribution in [-0.4, -0.2) is 16.8 Å². The molecule has 0 N–H and O–H groups in total. The summed E-state index contributed by atoms with van der Waals surface area (Å²) in [6.45, 7) is 7.77. The van der Waals surface area contributed by atoms with Crippen molar-refractivity contribution >= 4 is 23.2 Å². The van der Waals surface area contributed by atoms with Gasteiger partial charge in [-0.05, 0) is 56.9 Å². The second-order valence-corrected chi connectivity index (χ2v) is 6.57. The Hall–Kier alpha value is -1.09. The maximum absolute atomic E-state index is 13.4. The number of halogens is 2. The molecule has 2 rings (SSSR count). The van der Waals surface area contributed by atoms with E-state index in [1.165, 1.54) is 12.1 Å². The van der Waals surface area contributed by atoms with Crippen LogP contribution in [0.4, 0.5) is 10.1 Å². The normalized spacial score (nSPS) is 22.8. The average molecular weight is 284 g/mol. The second kappa shape index (κ2) is 4.78. The lowest BCUT2D eigenvalue weighted by molar-refractivity contribution is -0.119. The predicted octanol–water partition coefficient (Wildman–Crippen LogP) is 4.07. The van der Waals surface area contributed by atoms with Gasteiger partial charge in [0.25, 0.3) is 0 Å². The van der Waals surface area contributed by atoms with Gasteiger partial charge in [0, 0.05) is 11.2 Å². The van der Waals surface area contributed by atoms with Gasteiger partial charge < -0.3 is 4.90 Å². The number of rotatable bonds is 1. The van der Waals surface area contributed by atoms with E-state index in [1.54, 1.807) is 17.9 Å². The molecule has 2 atom stereocenters. The van der Waals surface area contributed by atoms with E-state index in [-0.39, 0.29) is 23.2 Å². The Bertz CT molecular complexity index is 513. The second-order valence-electron chi connectivity index (χ2n) is 5.91. The van der Waals surface area contributed by atoms with Crippen molar-refractivity contribution < 1.29 is 9.18 Å². The lowest BCUT2D eigenvalue weighted by Crippen LogP contribution is -2.53. The first kappa shape index (κ1) is 14.3. The molecule has 0 fully saturated rings. The van der Waals surface area contributed by atoms with Crippen LogP contribution in [0.25, 0.3) is 0 Å². The summed E-state index contributed by atoms with van der Waals surface area (Å²) in [4.78, 5) is 14.1. The van der Waals surface area contributed by atoms with E-state index in [0.29, 0.717) is 0 Å². The van der Waals surface area contributed by atoms with E-state index in [9.17, 15) is 9.18 Å². The van der Waals surface area contributed by atoms with Crippen LogP contribution in [0, 0.1) is 5.82 Å². The van der Waals surface area contributed by atoms with E-state index < -0.39 is 5.38 Å². The number of carbonyl (C=O) groups is 1. The Labute approximate surface area is 118 Å². The minimum atomic E-state index is -0.592. The highest BCUT2D eigenvalue weighted by Crippen LogP contribution is 2.43. The van der Waals surface area contributed by atoms with Crippen LogP contribution in [0.3, 0.4) is 0 Å². The highest BCUT2D eigenvalue weighted by atomic mass is 35.5. The molecule has 1 heterocycles. The van der Waals surface area contributed by atoms with Crippen LogP contribution in [-0.2, 0) is 4.79 Å². The molecular weight excluding hydrogens is 265 g/mol. The third-order valence-electron chi connectivity index (χ3n) is 3.73. The first-order valence-electron chi connectivity index (χ1n) is 6.51. The van der Waals surface area contributed by atoms with Gasteiger partial charge in [-0.15, -0.1) is 11.6 Å². The van der Waals surface area contributed by atoms with Crippen LogP contribution in [0.1, 0.15) is 45.6 Å². The van der Waals surface area contributed by atoms with Crippen molar-refractivity contribution in [3.63, 3.8) is 0 Å². The van der Waals surface area contributed by atoms with Gasteiger partial charge in [0.2, 0.25) is 5.91 Å². The molecule has 4 heteroatoms. The topological polar surface area (TPSA) is 20.3 Å². The fraction of sp³-hybridized carbons (Fsp3) is 0.533. The van der Waals surface area contributed by atoms with E-state index >= 15 is 0 Å². The van der Waals surface area contributed by atoms with Gasteiger partial charge in [-0.3, -0.25) is 4.79 Å². The number of carbonyl (C=O) groups excluding carboxylic acids is 1. The summed E-state index contributed by atoms with van der Waals surface area (Å²) in [6, 6.07) is 4.60. The van der Waals surface area contributed by atoms with Gasteiger partial charge in [0.05, 0.1) is 0 Å². The Kier molecular flexibility index (Phi) is 3.61. The van der Waals surface area contributed by atoms with E-state index in [2.05, 4.69) is 6.92 Å². The minimum Gasteiger partial charge on any atom is -0.305 e. The summed E-state index contributed by atoms with van der Waals surface area (Å²) in [5.74, 6) is -0.182. The van der Waals surface area contributed by atoms with Gasteiger partial charge in [-0.25, -0.2) is 4.39 Å². The molecule has 0 unspecified atom stereocenters. The summed E-state index contributed by atoms with van der Waals surface area (Å²) in [5.41, 5.74) is 1.34. The maximum atomic E-state index is 13.4. The maximum Gasteiger partial charge on any atom is 0.245 e. The largest absolute Gasteiger partial charge is 0.305 e. The fourth-order valence-corrected chi connectivity index (χ4v) is 3.09. The Morgan fingerprint density at radius 2 is 2.16 bits per heavy atom. The monoisotopic (exact) mass is 283 g/mol. The smallest absolute Gasteiger partial charge is 0.245 e. The molecule has 1 amide bonds. The molecule has 0 aliphatic carbocycles. The standard InChI is InChI=1S/C15H19ClFNO/c1-9-8-15(3,4)18(14(19)10(2)16)13-6-5-11(17)7-12(9)13/h5-7,9-10H,8H2,1-4H3/t9-,10+/m1/s1. The molecule has 19 heavy (non-hydrogen) atoms. The number of benzene rings is 1. The van der Waals surface area contributed by atoms with Crippen molar-refractivity contribution in [3.8, 4) is 0 Å².